The first-order valence-corrected chi connectivity index (χ1v) is 7.57. The van der Waals surface area contributed by atoms with Crippen molar-refractivity contribution in [3.05, 3.63) is 0 Å². The molecule has 0 radical (unpaired) electrons. The highest BCUT2D eigenvalue weighted by atomic mass is 16.5. The molecule has 2 aliphatic rings. The second-order valence-electron chi connectivity index (χ2n) is 6.34. The Labute approximate surface area is 107 Å². The molecule has 2 nitrogen and oxygen atoms in total. The van der Waals surface area contributed by atoms with Gasteiger partial charge in [-0.1, -0.05) is 26.7 Å². The molecule has 1 saturated carbocycles. The smallest absolute Gasteiger partial charge is 0.0495 e. The topological polar surface area (TPSA) is 21.3 Å². The van der Waals surface area contributed by atoms with Gasteiger partial charge in [-0.2, -0.15) is 0 Å². The quantitative estimate of drug-likeness (QED) is 0.795. The van der Waals surface area contributed by atoms with E-state index < -0.39 is 0 Å². The number of hydrogen-bond acceptors (Lipinski definition) is 2. The van der Waals surface area contributed by atoms with Gasteiger partial charge in [-0.3, -0.25) is 0 Å². The van der Waals surface area contributed by atoms with Crippen molar-refractivity contribution in [2.75, 3.05) is 19.8 Å². The van der Waals surface area contributed by atoms with E-state index in [2.05, 4.69) is 19.2 Å². The Hall–Kier alpha value is -0.0800. The Morgan fingerprint density at radius 3 is 2.82 bits per heavy atom. The van der Waals surface area contributed by atoms with Crippen molar-refractivity contribution in [2.24, 2.45) is 17.8 Å². The van der Waals surface area contributed by atoms with Crippen LogP contribution in [0.4, 0.5) is 0 Å². The second-order valence-corrected chi connectivity index (χ2v) is 6.34. The van der Waals surface area contributed by atoms with Crippen LogP contribution >= 0.6 is 0 Å². The van der Waals surface area contributed by atoms with Crippen molar-refractivity contribution < 1.29 is 4.74 Å². The molecule has 1 heterocycles. The minimum atomic E-state index is 0.790. The van der Waals surface area contributed by atoms with Crippen molar-refractivity contribution in [3.8, 4) is 0 Å². The van der Waals surface area contributed by atoms with E-state index in [0.717, 1.165) is 37.0 Å². The third-order valence-corrected chi connectivity index (χ3v) is 4.67. The minimum absolute atomic E-state index is 0.790. The summed E-state index contributed by atoms with van der Waals surface area (Å²) in [4.78, 5) is 0. The van der Waals surface area contributed by atoms with Gasteiger partial charge >= 0.3 is 0 Å². The van der Waals surface area contributed by atoms with Gasteiger partial charge in [-0.25, -0.2) is 0 Å². The molecule has 2 fully saturated rings. The predicted molar refractivity (Wildman–Crippen MR) is 72.1 cm³/mol. The number of hydrogen-bond donors (Lipinski definition) is 1. The van der Waals surface area contributed by atoms with Gasteiger partial charge in [-0.15, -0.1) is 0 Å². The Morgan fingerprint density at radius 2 is 2.12 bits per heavy atom. The molecule has 0 bridgehead atoms. The van der Waals surface area contributed by atoms with E-state index in [0.29, 0.717) is 0 Å². The molecule has 3 atom stereocenters. The van der Waals surface area contributed by atoms with Gasteiger partial charge in [0.15, 0.2) is 0 Å². The Bertz CT molecular complexity index is 211. The summed E-state index contributed by atoms with van der Waals surface area (Å²) in [5.74, 6) is 2.64. The van der Waals surface area contributed by atoms with Crippen LogP contribution < -0.4 is 5.32 Å². The Morgan fingerprint density at radius 1 is 1.24 bits per heavy atom. The van der Waals surface area contributed by atoms with Crippen LogP contribution in [0.25, 0.3) is 0 Å². The largest absolute Gasteiger partial charge is 0.381 e. The van der Waals surface area contributed by atoms with Crippen LogP contribution in [0.2, 0.25) is 0 Å². The summed E-state index contributed by atoms with van der Waals surface area (Å²) in [5.41, 5.74) is 0. The average molecular weight is 239 g/mol. The van der Waals surface area contributed by atoms with Crippen molar-refractivity contribution >= 4 is 0 Å². The summed E-state index contributed by atoms with van der Waals surface area (Å²) < 4.78 is 5.42. The van der Waals surface area contributed by atoms with Crippen LogP contribution in [0.1, 0.15) is 52.4 Å². The van der Waals surface area contributed by atoms with E-state index in [4.69, 9.17) is 4.74 Å². The zero-order valence-electron chi connectivity index (χ0n) is 11.6. The highest BCUT2D eigenvalue weighted by Gasteiger charge is 2.24. The molecule has 17 heavy (non-hydrogen) atoms. The molecular weight excluding hydrogens is 210 g/mol. The van der Waals surface area contributed by atoms with Gasteiger partial charge < -0.3 is 10.1 Å². The molecule has 0 amide bonds. The zero-order chi connectivity index (χ0) is 12.1. The molecule has 0 aromatic rings. The third kappa shape index (κ3) is 4.26. The summed E-state index contributed by atoms with van der Waals surface area (Å²) in [6.07, 6.45) is 8.26. The molecular formula is C15H29NO. The van der Waals surface area contributed by atoms with E-state index in [-0.39, 0.29) is 0 Å². The molecule has 2 rings (SSSR count). The van der Waals surface area contributed by atoms with Gasteiger partial charge in [0.25, 0.3) is 0 Å². The van der Waals surface area contributed by atoms with E-state index >= 15 is 0 Å². The fraction of sp³-hybridized carbons (Fsp3) is 1.00. The monoisotopic (exact) mass is 239 g/mol. The number of rotatable bonds is 5. The van der Waals surface area contributed by atoms with Crippen molar-refractivity contribution in [3.63, 3.8) is 0 Å². The maximum Gasteiger partial charge on any atom is 0.0495 e. The molecule has 1 aliphatic heterocycles. The summed E-state index contributed by atoms with van der Waals surface area (Å²) in [6, 6.07) is 0.790. The van der Waals surface area contributed by atoms with Crippen molar-refractivity contribution in [2.45, 2.75) is 58.4 Å². The standard InChI is InChI=1S/C15H29NO/c1-12(2)14-4-3-5-15(10-14)16-8-6-13-7-9-17-11-13/h12-16H,3-11H2,1-2H3. The Kier molecular flexibility index (Phi) is 5.30. The van der Waals surface area contributed by atoms with Crippen LogP contribution in [-0.2, 0) is 4.74 Å². The molecule has 100 valence electrons. The molecule has 1 aliphatic carbocycles. The first-order valence-electron chi connectivity index (χ1n) is 7.57. The van der Waals surface area contributed by atoms with E-state index in [1.54, 1.807) is 0 Å². The lowest BCUT2D eigenvalue weighted by Gasteiger charge is -2.32. The summed E-state index contributed by atoms with van der Waals surface area (Å²) >= 11 is 0. The van der Waals surface area contributed by atoms with Crippen LogP contribution in [0.3, 0.4) is 0 Å². The molecule has 0 aromatic carbocycles. The third-order valence-electron chi connectivity index (χ3n) is 4.67. The fourth-order valence-electron chi connectivity index (χ4n) is 3.32. The molecule has 0 aromatic heterocycles. The van der Waals surface area contributed by atoms with Gasteiger partial charge in [0, 0.05) is 19.3 Å². The first kappa shape index (κ1) is 13.4. The van der Waals surface area contributed by atoms with E-state index in [1.807, 2.05) is 0 Å². The maximum atomic E-state index is 5.42. The summed E-state index contributed by atoms with van der Waals surface area (Å²) in [7, 11) is 0. The van der Waals surface area contributed by atoms with Gasteiger partial charge in [-0.05, 0) is 50.0 Å². The molecule has 3 unspecified atom stereocenters. The van der Waals surface area contributed by atoms with E-state index in [9.17, 15) is 0 Å². The number of ether oxygens (including phenoxy) is 1. The maximum absolute atomic E-state index is 5.42. The minimum Gasteiger partial charge on any atom is -0.381 e. The van der Waals surface area contributed by atoms with Crippen molar-refractivity contribution in [1.82, 2.24) is 5.32 Å². The van der Waals surface area contributed by atoms with Crippen LogP contribution in [0, 0.1) is 17.8 Å². The zero-order valence-corrected chi connectivity index (χ0v) is 11.6. The Balaban J connectivity index is 1.61. The predicted octanol–water partition coefficient (Wildman–Crippen LogP) is 3.22. The number of nitrogens with one attached hydrogen (secondary N) is 1. The van der Waals surface area contributed by atoms with Crippen LogP contribution in [-0.4, -0.2) is 25.8 Å². The van der Waals surface area contributed by atoms with Crippen molar-refractivity contribution in [1.29, 1.82) is 0 Å². The van der Waals surface area contributed by atoms with Gasteiger partial charge in [0.05, 0.1) is 0 Å². The van der Waals surface area contributed by atoms with Crippen LogP contribution in [0.5, 0.6) is 0 Å². The molecule has 0 spiro atoms. The molecule has 2 heteroatoms. The first-order chi connectivity index (χ1) is 8.25. The normalized spacial score (nSPS) is 34.4. The summed E-state index contributed by atoms with van der Waals surface area (Å²) in [6.45, 7) is 7.94. The van der Waals surface area contributed by atoms with Gasteiger partial charge in [0.2, 0.25) is 0 Å². The van der Waals surface area contributed by atoms with Crippen LogP contribution in [0.15, 0.2) is 0 Å². The lowest BCUT2D eigenvalue weighted by molar-refractivity contribution is 0.182. The SMILES string of the molecule is CC(C)C1CCCC(NCCC2CCOC2)C1. The second kappa shape index (κ2) is 6.75. The molecule has 1 N–H and O–H groups in total. The van der Waals surface area contributed by atoms with Gasteiger partial charge in [0.1, 0.15) is 0 Å². The lowest BCUT2D eigenvalue weighted by Crippen LogP contribution is -2.36. The lowest BCUT2D eigenvalue weighted by atomic mass is 9.79. The highest BCUT2D eigenvalue weighted by Crippen LogP contribution is 2.30. The molecule has 1 saturated heterocycles. The van der Waals surface area contributed by atoms with E-state index in [1.165, 1.54) is 45.1 Å². The highest BCUT2D eigenvalue weighted by molar-refractivity contribution is 4.80. The summed E-state index contributed by atoms with van der Waals surface area (Å²) in [5, 5.41) is 3.78. The fourth-order valence-corrected chi connectivity index (χ4v) is 3.32. The average Bonchev–Trinajstić information content (AvgIpc) is 2.82.